The number of hydrazine groups is 1. The summed E-state index contributed by atoms with van der Waals surface area (Å²) in [5.41, 5.74) is 0. The Morgan fingerprint density at radius 2 is 2.06 bits per heavy atom. The van der Waals surface area contributed by atoms with Crippen molar-refractivity contribution in [3.63, 3.8) is 0 Å². The molecule has 0 saturated heterocycles. The number of carbonyl (C=O) groups excluding carboxylic acids is 1. The van der Waals surface area contributed by atoms with E-state index in [1.54, 1.807) is 0 Å². The fraction of sp³-hybridized carbons (Fsp3) is 0.889. The van der Waals surface area contributed by atoms with Crippen LogP contribution in [0.3, 0.4) is 0 Å². The van der Waals surface area contributed by atoms with Gasteiger partial charge >= 0.3 is 6.03 Å². The maximum atomic E-state index is 11.6. The van der Waals surface area contributed by atoms with Crippen LogP contribution in [0.5, 0.6) is 0 Å². The van der Waals surface area contributed by atoms with Crippen molar-refractivity contribution < 1.29 is 9.83 Å². The molecular weight excluding hydrogens is 234 g/mol. The van der Waals surface area contributed by atoms with Gasteiger partial charge in [-0.25, -0.2) is 14.9 Å². The normalized spacial score (nSPS) is 16.8. The first-order chi connectivity index (χ1) is 7.65. The monoisotopic (exact) mass is 249 g/mol. The molecule has 6 nitrogen and oxygen atoms in total. The van der Waals surface area contributed by atoms with E-state index in [4.69, 9.17) is 11.6 Å². The van der Waals surface area contributed by atoms with Crippen LogP contribution in [-0.4, -0.2) is 34.5 Å². The van der Waals surface area contributed by atoms with Crippen molar-refractivity contribution in [1.82, 2.24) is 10.3 Å². The molecule has 92 valence electrons. The number of amides is 2. The minimum absolute atomic E-state index is 0.0546. The zero-order valence-electron chi connectivity index (χ0n) is 9.02. The van der Waals surface area contributed by atoms with Gasteiger partial charge in [0.2, 0.25) is 0 Å². The quantitative estimate of drug-likeness (QED) is 0.469. The minimum Gasteiger partial charge on any atom is -0.331 e. The SMILES string of the molecule is O=C(NC1CCCCC1)N(CCCl)[N+](=O)[O-]. The van der Waals surface area contributed by atoms with E-state index in [0.717, 1.165) is 25.7 Å². The number of urea groups is 1. The molecule has 16 heavy (non-hydrogen) atoms. The molecule has 0 aromatic heterocycles. The van der Waals surface area contributed by atoms with E-state index in [1.807, 2.05) is 0 Å². The molecular formula is C9H16ClN3O3. The number of alkyl halides is 1. The van der Waals surface area contributed by atoms with Crippen LogP contribution in [0.4, 0.5) is 4.79 Å². The smallest absolute Gasteiger partial charge is 0.331 e. The Hall–Kier alpha value is -1.04. The van der Waals surface area contributed by atoms with E-state index in [1.165, 1.54) is 6.42 Å². The number of carbonyl (C=O) groups is 1. The largest absolute Gasteiger partial charge is 0.375 e. The molecule has 1 rings (SSSR count). The van der Waals surface area contributed by atoms with E-state index < -0.39 is 11.1 Å². The summed E-state index contributed by atoms with van der Waals surface area (Å²) in [5, 5.41) is 13.1. The summed E-state index contributed by atoms with van der Waals surface area (Å²) in [6.45, 7) is -0.0763. The summed E-state index contributed by atoms with van der Waals surface area (Å²) in [5.74, 6) is 0.0546. The van der Waals surface area contributed by atoms with Crippen LogP contribution in [0, 0.1) is 10.1 Å². The van der Waals surface area contributed by atoms with E-state index >= 15 is 0 Å². The van der Waals surface area contributed by atoms with Crippen molar-refractivity contribution in [2.45, 2.75) is 38.1 Å². The third-order valence-corrected chi connectivity index (χ3v) is 2.83. The van der Waals surface area contributed by atoms with Crippen LogP contribution < -0.4 is 5.32 Å². The van der Waals surface area contributed by atoms with Gasteiger partial charge in [0.25, 0.3) is 0 Å². The van der Waals surface area contributed by atoms with Crippen molar-refractivity contribution in [2.24, 2.45) is 0 Å². The third kappa shape index (κ3) is 3.84. The number of hydrogen-bond donors (Lipinski definition) is 1. The highest BCUT2D eigenvalue weighted by Crippen LogP contribution is 2.17. The Kier molecular flexibility index (Phi) is 5.31. The Morgan fingerprint density at radius 1 is 1.44 bits per heavy atom. The van der Waals surface area contributed by atoms with Crippen molar-refractivity contribution >= 4 is 17.6 Å². The van der Waals surface area contributed by atoms with Gasteiger partial charge in [-0.15, -0.1) is 11.6 Å². The van der Waals surface area contributed by atoms with Crippen LogP contribution in [0.2, 0.25) is 0 Å². The maximum Gasteiger partial charge on any atom is 0.375 e. The van der Waals surface area contributed by atoms with Gasteiger partial charge in [0.1, 0.15) is 6.54 Å². The number of nitro groups is 1. The molecule has 0 heterocycles. The Balaban J connectivity index is 2.44. The molecule has 1 saturated carbocycles. The van der Waals surface area contributed by atoms with Gasteiger partial charge in [-0.1, -0.05) is 19.3 Å². The number of halogens is 1. The maximum absolute atomic E-state index is 11.6. The Labute approximate surface area is 99.1 Å². The summed E-state index contributed by atoms with van der Waals surface area (Å²) in [7, 11) is 0. The Morgan fingerprint density at radius 3 is 2.56 bits per heavy atom. The predicted octanol–water partition coefficient (Wildman–Crippen LogP) is 1.76. The van der Waals surface area contributed by atoms with Crippen molar-refractivity contribution in [2.75, 3.05) is 12.4 Å². The molecule has 0 unspecified atom stereocenters. The predicted molar refractivity (Wildman–Crippen MR) is 59.8 cm³/mol. The average molecular weight is 250 g/mol. The first kappa shape index (κ1) is 13.0. The highest BCUT2D eigenvalue weighted by atomic mass is 35.5. The van der Waals surface area contributed by atoms with Gasteiger partial charge in [-0.05, 0) is 17.9 Å². The third-order valence-electron chi connectivity index (χ3n) is 2.66. The molecule has 1 fully saturated rings. The first-order valence-corrected chi connectivity index (χ1v) is 5.97. The lowest BCUT2D eigenvalue weighted by Crippen LogP contribution is -2.48. The Bertz CT molecular complexity index is 256. The molecule has 1 aliphatic rings. The summed E-state index contributed by atoms with van der Waals surface area (Å²) >= 11 is 5.40. The number of nitrogens with zero attached hydrogens (tertiary/aromatic N) is 2. The van der Waals surface area contributed by atoms with Crippen LogP contribution in [-0.2, 0) is 0 Å². The molecule has 0 spiro atoms. The van der Waals surface area contributed by atoms with Crippen LogP contribution in [0.25, 0.3) is 0 Å². The highest BCUT2D eigenvalue weighted by molar-refractivity contribution is 6.18. The molecule has 0 aromatic rings. The van der Waals surface area contributed by atoms with Crippen LogP contribution >= 0.6 is 11.6 Å². The van der Waals surface area contributed by atoms with E-state index in [-0.39, 0.29) is 18.5 Å². The molecule has 0 atom stereocenters. The molecule has 1 N–H and O–H groups in total. The first-order valence-electron chi connectivity index (χ1n) is 5.43. The van der Waals surface area contributed by atoms with Crippen molar-refractivity contribution in [1.29, 1.82) is 0 Å². The zero-order chi connectivity index (χ0) is 12.0. The van der Waals surface area contributed by atoms with Gasteiger partial charge in [-0.3, -0.25) is 0 Å². The average Bonchev–Trinajstić information content (AvgIpc) is 2.26. The topological polar surface area (TPSA) is 75.5 Å². The lowest BCUT2D eigenvalue weighted by molar-refractivity contribution is -0.631. The van der Waals surface area contributed by atoms with E-state index in [9.17, 15) is 14.9 Å². The summed E-state index contributed by atoms with van der Waals surface area (Å²) in [6, 6.07) is -0.587. The van der Waals surface area contributed by atoms with Gasteiger partial charge < -0.3 is 5.32 Å². The molecule has 0 aliphatic heterocycles. The van der Waals surface area contributed by atoms with Crippen molar-refractivity contribution in [3.05, 3.63) is 10.1 Å². The van der Waals surface area contributed by atoms with Gasteiger partial charge in [0.15, 0.2) is 5.03 Å². The molecule has 7 heteroatoms. The van der Waals surface area contributed by atoms with Gasteiger partial charge in [0, 0.05) is 11.9 Å². The number of rotatable bonds is 4. The van der Waals surface area contributed by atoms with Crippen LogP contribution in [0.1, 0.15) is 32.1 Å². The number of nitrogens with one attached hydrogen (secondary N) is 1. The lowest BCUT2D eigenvalue weighted by atomic mass is 9.96. The summed E-state index contributed by atoms with van der Waals surface area (Å²) in [4.78, 5) is 22.1. The second-order valence-electron chi connectivity index (χ2n) is 3.83. The minimum atomic E-state index is -0.722. The summed E-state index contributed by atoms with van der Waals surface area (Å²) < 4.78 is 0. The highest BCUT2D eigenvalue weighted by Gasteiger charge is 2.26. The lowest BCUT2D eigenvalue weighted by Gasteiger charge is -2.23. The van der Waals surface area contributed by atoms with E-state index in [2.05, 4.69) is 5.32 Å². The molecule has 0 radical (unpaired) electrons. The number of hydrogen-bond acceptors (Lipinski definition) is 3. The van der Waals surface area contributed by atoms with Crippen LogP contribution in [0.15, 0.2) is 0 Å². The fourth-order valence-corrected chi connectivity index (χ4v) is 1.99. The second-order valence-corrected chi connectivity index (χ2v) is 4.21. The summed E-state index contributed by atoms with van der Waals surface area (Å²) in [6.07, 6.45) is 5.11. The van der Waals surface area contributed by atoms with Gasteiger partial charge in [0.05, 0.1) is 0 Å². The standard InChI is InChI=1S/C9H16ClN3O3/c10-6-7-12(13(15)16)9(14)11-8-4-2-1-3-5-8/h8H,1-7H2,(H,11,14). The molecule has 1 aliphatic carbocycles. The molecule has 0 bridgehead atoms. The van der Waals surface area contributed by atoms with Crippen molar-refractivity contribution in [3.8, 4) is 0 Å². The van der Waals surface area contributed by atoms with Gasteiger partial charge in [-0.2, -0.15) is 0 Å². The fourth-order valence-electron chi connectivity index (χ4n) is 1.83. The molecule has 2 amide bonds. The van der Waals surface area contributed by atoms with E-state index in [0.29, 0.717) is 5.01 Å². The molecule has 0 aromatic carbocycles. The second kappa shape index (κ2) is 6.52. The zero-order valence-corrected chi connectivity index (χ0v) is 9.78.